The Morgan fingerprint density at radius 1 is 1.19 bits per heavy atom. The summed E-state index contributed by atoms with van der Waals surface area (Å²) in [5.41, 5.74) is 2.51. The fourth-order valence-corrected chi connectivity index (χ4v) is 3.57. The minimum Gasteiger partial charge on any atom is -0.462 e. The zero-order valence-electron chi connectivity index (χ0n) is 14.3. The summed E-state index contributed by atoms with van der Waals surface area (Å²) in [6.07, 6.45) is 3.21. The maximum absolute atomic E-state index is 11.7. The van der Waals surface area contributed by atoms with Crippen molar-refractivity contribution in [2.45, 2.75) is 13.5 Å². The van der Waals surface area contributed by atoms with Crippen molar-refractivity contribution in [1.29, 1.82) is 0 Å². The second kappa shape index (κ2) is 7.09. The van der Waals surface area contributed by atoms with E-state index >= 15 is 0 Å². The summed E-state index contributed by atoms with van der Waals surface area (Å²) in [4.78, 5) is 16.4. The molecule has 2 aromatic carbocycles. The van der Waals surface area contributed by atoms with E-state index in [9.17, 15) is 4.79 Å². The van der Waals surface area contributed by atoms with Gasteiger partial charge in [-0.1, -0.05) is 36.4 Å². The first-order chi connectivity index (χ1) is 12.7. The Labute approximate surface area is 154 Å². The molecule has 0 bridgehead atoms. The number of carbonyl (C=O) groups excluding carboxylic acids is 1. The molecular weight excluding hydrogens is 346 g/mol. The van der Waals surface area contributed by atoms with Gasteiger partial charge in [-0.05, 0) is 23.8 Å². The largest absolute Gasteiger partial charge is 0.462 e. The van der Waals surface area contributed by atoms with Gasteiger partial charge in [-0.3, -0.25) is 4.68 Å². The number of rotatable bonds is 5. The standard InChI is InChI=1S/C20H17N3O2S/c1-2-25-20(24)17-10-21-23(11-17)12-19-22-18(13-26-19)16-8-7-14-5-3-4-6-15(14)9-16/h3-11,13H,2,12H2,1H3. The van der Waals surface area contributed by atoms with Crippen LogP contribution in [-0.4, -0.2) is 27.3 Å². The van der Waals surface area contributed by atoms with Gasteiger partial charge in [0.1, 0.15) is 5.01 Å². The lowest BCUT2D eigenvalue weighted by Gasteiger charge is -2.01. The van der Waals surface area contributed by atoms with E-state index in [2.05, 4.69) is 40.8 Å². The smallest absolute Gasteiger partial charge is 0.341 e. The fourth-order valence-electron chi connectivity index (χ4n) is 2.77. The third kappa shape index (κ3) is 3.36. The van der Waals surface area contributed by atoms with Gasteiger partial charge in [-0.25, -0.2) is 9.78 Å². The average Bonchev–Trinajstić information content (AvgIpc) is 3.32. The van der Waals surface area contributed by atoms with Gasteiger partial charge in [0.25, 0.3) is 0 Å². The number of benzene rings is 2. The monoisotopic (exact) mass is 363 g/mol. The Hall–Kier alpha value is -2.99. The van der Waals surface area contributed by atoms with Crippen LogP contribution in [0.2, 0.25) is 0 Å². The Balaban J connectivity index is 1.53. The molecule has 0 unspecified atom stereocenters. The number of thiazole rings is 1. The molecule has 2 heterocycles. The molecule has 0 fully saturated rings. The molecule has 6 heteroatoms. The summed E-state index contributed by atoms with van der Waals surface area (Å²) < 4.78 is 6.69. The van der Waals surface area contributed by atoms with E-state index in [1.165, 1.54) is 17.0 Å². The first-order valence-electron chi connectivity index (χ1n) is 8.36. The number of nitrogens with zero attached hydrogens (tertiary/aromatic N) is 3. The first kappa shape index (κ1) is 16.5. The van der Waals surface area contributed by atoms with Crippen molar-refractivity contribution in [1.82, 2.24) is 14.8 Å². The van der Waals surface area contributed by atoms with Crippen molar-refractivity contribution >= 4 is 28.1 Å². The third-order valence-corrected chi connectivity index (χ3v) is 4.87. The highest BCUT2D eigenvalue weighted by atomic mass is 32.1. The fraction of sp³-hybridized carbons (Fsp3) is 0.150. The highest BCUT2D eigenvalue weighted by Gasteiger charge is 2.11. The number of aromatic nitrogens is 3. The predicted octanol–water partition coefficient (Wildman–Crippen LogP) is 4.38. The maximum atomic E-state index is 11.7. The summed E-state index contributed by atoms with van der Waals surface area (Å²) >= 11 is 1.58. The van der Waals surface area contributed by atoms with Gasteiger partial charge in [0.2, 0.25) is 0 Å². The molecule has 0 aliphatic carbocycles. The van der Waals surface area contributed by atoms with Crippen LogP contribution in [0.5, 0.6) is 0 Å². The second-order valence-corrected chi connectivity index (χ2v) is 6.78. The van der Waals surface area contributed by atoms with Crippen LogP contribution in [0.1, 0.15) is 22.3 Å². The summed E-state index contributed by atoms with van der Waals surface area (Å²) in [6.45, 7) is 2.66. The summed E-state index contributed by atoms with van der Waals surface area (Å²) in [6, 6.07) is 14.6. The van der Waals surface area contributed by atoms with Crippen molar-refractivity contribution in [3.05, 3.63) is 70.8 Å². The zero-order chi connectivity index (χ0) is 17.9. The minimum absolute atomic E-state index is 0.352. The number of ether oxygens (including phenoxy) is 1. The van der Waals surface area contributed by atoms with Gasteiger partial charge in [-0.15, -0.1) is 11.3 Å². The molecule has 0 atom stereocenters. The molecule has 0 saturated heterocycles. The summed E-state index contributed by atoms with van der Waals surface area (Å²) in [5.74, 6) is -0.352. The zero-order valence-corrected chi connectivity index (χ0v) is 15.1. The quantitative estimate of drug-likeness (QED) is 0.494. The van der Waals surface area contributed by atoms with E-state index in [-0.39, 0.29) is 5.97 Å². The van der Waals surface area contributed by atoms with Crippen LogP contribution in [0, 0.1) is 0 Å². The van der Waals surface area contributed by atoms with E-state index in [0.29, 0.717) is 18.7 Å². The maximum Gasteiger partial charge on any atom is 0.341 e. The summed E-state index contributed by atoms with van der Waals surface area (Å²) in [5, 5.41) is 9.62. The SMILES string of the molecule is CCOC(=O)c1cnn(Cc2nc(-c3ccc4ccccc4c3)cs2)c1. The van der Waals surface area contributed by atoms with Gasteiger partial charge in [0.05, 0.1) is 30.6 Å². The van der Waals surface area contributed by atoms with Crippen LogP contribution in [0.25, 0.3) is 22.0 Å². The van der Waals surface area contributed by atoms with Crippen molar-refractivity contribution < 1.29 is 9.53 Å². The highest BCUT2D eigenvalue weighted by molar-refractivity contribution is 7.09. The molecule has 0 aliphatic heterocycles. The van der Waals surface area contributed by atoms with Gasteiger partial charge < -0.3 is 4.74 Å². The number of hydrogen-bond acceptors (Lipinski definition) is 5. The molecule has 0 N–H and O–H groups in total. The van der Waals surface area contributed by atoms with Gasteiger partial charge in [-0.2, -0.15) is 5.10 Å². The van der Waals surface area contributed by atoms with E-state index in [1.807, 2.05) is 12.1 Å². The van der Waals surface area contributed by atoms with Crippen molar-refractivity contribution in [2.24, 2.45) is 0 Å². The minimum atomic E-state index is -0.352. The molecular formula is C20H17N3O2S. The predicted molar refractivity (Wildman–Crippen MR) is 102 cm³/mol. The Morgan fingerprint density at radius 3 is 2.88 bits per heavy atom. The lowest BCUT2D eigenvalue weighted by atomic mass is 10.1. The van der Waals surface area contributed by atoms with Crippen LogP contribution in [0.3, 0.4) is 0 Å². The molecule has 0 saturated carbocycles. The van der Waals surface area contributed by atoms with Crippen LogP contribution >= 0.6 is 11.3 Å². The van der Waals surface area contributed by atoms with Gasteiger partial charge >= 0.3 is 5.97 Å². The molecule has 130 valence electrons. The van der Waals surface area contributed by atoms with Crippen molar-refractivity contribution in [3.63, 3.8) is 0 Å². The van der Waals surface area contributed by atoms with Crippen LogP contribution in [0.15, 0.2) is 60.2 Å². The number of carbonyl (C=O) groups is 1. The van der Waals surface area contributed by atoms with Crippen LogP contribution < -0.4 is 0 Å². The summed E-state index contributed by atoms with van der Waals surface area (Å²) in [7, 11) is 0. The van der Waals surface area contributed by atoms with Crippen LogP contribution in [-0.2, 0) is 11.3 Å². The Morgan fingerprint density at radius 2 is 2.04 bits per heavy atom. The number of esters is 1. The molecule has 4 aromatic rings. The normalized spacial score (nSPS) is 11.0. The van der Waals surface area contributed by atoms with Crippen LogP contribution in [0.4, 0.5) is 0 Å². The van der Waals surface area contributed by atoms with E-state index in [1.54, 1.807) is 29.1 Å². The highest BCUT2D eigenvalue weighted by Crippen LogP contribution is 2.26. The molecule has 4 rings (SSSR count). The number of fused-ring (bicyclic) bond motifs is 1. The van der Waals surface area contributed by atoms with E-state index < -0.39 is 0 Å². The molecule has 0 spiro atoms. The van der Waals surface area contributed by atoms with E-state index in [4.69, 9.17) is 9.72 Å². The van der Waals surface area contributed by atoms with Gasteiger partial charge in [0, 0.05) is 17.1 Å². The second-order valence-electron chi connectivity index (χ2n) is 5.84. The van der Waals surface area contributed by atoms with Crippen molar-refractivity contribution in [2.75, 3.05) is 6.61 Å². The topological polar surface area (TPSA) is 57.0 Å². The molecule has 0 aliphatic rings. The Bertz CT molecular complexity index is 1070. The van der Waals surface area contributed by atoms with Gasteiger partial charge in [0.15, 0.2) is 0 Å². The average molecular weight is 363 g/mol. The molecule has 0 amide bonds. The molecule has 0 radical (unpaired) electrons. The molecule has 2 aromatic heterocycles. The number of hydrogen-bond donors (Lipinski definition) is 0. The first-order valence-corrected chi connectivity index (χ1v) is 9.24. The molecule has 26 heavy (non-hydrogen) atoms. The Kier molecular flexibility index (Phi) is 4.50. The third-order valence-electron chi connectivity index (χ3n) is 4.04. The lowest BCUT2D eigenvalue weighted by molar-refractivity contribution is 0.0526. The lowest BCUT2D eigenvalue weighted by Crippen LogP contribution is -2.04. The van der Waals surface area contributed by atoms with E-state index in [0.717, 1.165) is 16.3 Å². The van der Waals surface area contributed by atoms with Crippen molar-refractivity contribution in [3.8, 4) is 11.3 Å². The molecule has 5 nitrogen and oxygen atoms in total.